The molecule has 0 bridgehead atoms. The van der Waals surface area contributed by atoms with E-state index in [0.29, 0.717) is 12.1 Å². The van der Waals surface area contributed by atoms with Crippen LogP contribution in [0.2, 0.25) is 0 Å². The minimum Gasteiger partial charge on any atom is -0.497 e. The average molecular weight is 532 g/mol. The predicted molar refractivity (Wildman–Crippen MR) is 155 cm³/mol. The molecule has 2 amide bonds. The molecule has 1 N–H and O–H groups in total. The number of amides is 2. The van der Waals surface area contributed by atoms with E-state index < -0.39 is 5.92 Å². The number of carbonyl (C=O) groups is 2. The Morgan fingerprint density at radius 1 is 0.974 bits per heavy atom. The normalized spacial score (nSPS) is 26.2. The minimum absolute atomic E-state index is 0.0111. The van der Waals surface area contributed by atoms with Crippen LogP contribution in [0.15, 0.2) is 48.5 Å². The number of piperidine rings is 1. The van der Waals surface area contributed by atoms with Gasteiger partial charge < -0.3 is 19.9 Å². The van der Waals surface area contributed by atoms with Gasteiger partial charge in [-0.15, -0.1) is 0 Å². The van der Waals surface area contributed by atoms with Crippen LogP contribution in [0.3, 0.4) is 0 Å². The van der Waals surface area contributed by atoms with E-state index >= 15 is 0 Å². The van der Waals surface area contributed by atoms with Crippen LogP contribution >= 0.6 is 0 Å². The molecule has 0 aromatic heterocycles. The average Bonchev–Trinajstić information content (AvgIpc) is 2.95. The number of ether oxygens (including phenoxy) is 1. The van der Waals surface area contributed by atoms with E-state index in [1.807, 2.05) is 48.5 Å². The number of rotatable bonds is 8. The second-order valence-corrected chi connectivity index (χ2v) is 12.1. The van der Waals surface area contributed by atoms with Gasteiger partial charge in [0, 0.05) is 31.2 Å². The molecule has 2 fully saturated rings. The highest BCUT2D eigenvalue weighted by atomic mass is 16.5. The largest absolute Gasteiger partial charge is 0.497 e. The Labute approximate surface area is 234 Å². The molecule has 2 aliphatic heterocycles. The van der Waals surface area contributed by atoms with Crippen LogP contribution in [-0.2, 0) is 4.79 Å². The molecule has 3 aliphatic rings. The highest BCUT2D eigenvalue weighted by Gasteiger charge is 2.46. The zero-order valence-corrected chi connectivity index (χ0v) is 23.9. The van der Waals surface area contributed by atoms with Crippen LogP contribution in [0.25, 0.3) is 0 Å². The fourth-order valence-electron chi connectivity index (χ4n) is 7.35. The van der Waals surface area contributed by atoms with E-state index in [4.69, 9.17) is 4.74 Å². The third-order valence-corrected chi connectivity index (χ3v) is 8.98. The van der Waals surface area contributed by atoms with Crippen molar-refractivity contribution >= 4 is 11.8 Å². The van der Waals surface area contributed by atoms with Crippen LogP contribution in [0.4, 0.5) is 0 Å². The summed E-state index contributed by atoms with van der Waals surface area (Å²) < 4.78 is 5.42. The quantitative estimate of drug-likeness (QED) is 0.438. The number of carbonyl (C=O) groups excluding carboxylic acids is 2. The first-order chi connectivity index (χ1) is 19.0. The first kappa shape index (κ1) is 27.7. The maximum atomic E-state index is 14.1. The molecule has 39 heavy (non-hydrogen) atoms. The van der Waals surface area contributed by atoms with Crippen LogP contribution in [0.1, 0.15) is 92.2 Å². The standard InChI is InChI=1S/C33H45N3O3/c1-23-20-24(2)22-35(21-23)19-9-18-34-32(37)30-28-12-7-8-13-29(28)33(38)36(26-10-5-4-6-11-26)31(30)25-14-16-27(39-3)17-15-25/h7-8,12-17,23-24,26,30-31H,4-6,9-11,18-22H2,1-3H3,(H,34,37)/t23-,24+,30-,31-/m1/s1. The highest BCUT2D eigenvalue weighted by molar-refractivity contribution is 6.01. The third-order valence-electron chi connectivity index (χ3n) is 8.98. The summed E-state index contributed by atoms with van der Waals surface area (Å²) in [5.41, 5.74) is 2.50. The summed E-state index contributed by atoms with van der Waals surface area (Å²) in [4.78, 5) is 32.7. The lowest BCUT2D eigenvalue weighted by molar-refractivity contribution is -0.124. The first-order valence-corrected chi connectivity index (χ1v) is 15.0. The molecule has 2 aromatic rings. The van der Waals surface area contributed by atoms with Gasteiger partial charge >= 0.3 is 0 Å². The first-order valence-electron chi connectivity index (χ1n) is 15.0. The molecule has 0 spiro atoms. The molecule has 4 atom stereocenters. The lowest BCUT2D eigenvalue weighted by Gasteiger charge is -2.46. The van der Waals surface area contributed by atoms with Gasteiger partial charge in [-0.1, -0.05) is 63.4 Å². The lowest BCUT2D eigenvalue weighted by atomic mass is 9.77. The molecule has 2 heterocycles. The lowest BCUT2D eigenvalue weighted by Crippen LogP contribution is -2.52. The fourth-order valence-corrected chi connectivity index (χ4v) is 7.35. The molecule has 1 saturated carbocycles. The number of likely N-dealkylation sites (tertiary alicyclic amines) is 1. The van der Waals surface area contributed by atoms with Crippen molar-refractivity contribution in [2.75, 3.05) is 33.3 Å². The summed E-state index contributed by atoms with van der Waals surface area (Å²) >= 11 is 0. The Bertz CT molecular complexity index is 1120. The molecule has 0 radical (unpaired) electrons. The van der Waals surface area contributed by atoms with Crippen molar-refractivity contribution in [1.29, 1.82) is 0 Å². The molecule has 5 rings (SSSR count). The molecular weight excluding hydrogens is 486 g/mol. The van der Waals surface area contributed by atoms with Gasteiger partial charge in [0.25, 0.3) is 5.91 Å². The van der Waals surface area contributed by atoms with Gasteiger partial charge in [0.2, 0.25) is 5.91 Å². The van der Waals surface area contributed by atoms with Gasteiger partial charge in [-0.25, -0.2) is 0 Å². The number of nitrogens with zero attached hydrogens (tertiary/aromatic N) is 2. The van der Waals surface area contributed by atoms with Gasteiger partial charge in [0.05, 0.1) is 19.1 Å². The molecule has 0 unspecified atom stereocenters. The zero-order chi connectivity index (χ0) is 27.4. The number of methoxy groups -OCH3 is 1. The van der Waals surface area contributed by atoms with Crippen LogP contribution < -0.4 is 10.1 Å². The second-order valence-electron chi connectivity index (χ2n) is 12.1. The van der Waals surface area contributed by atoms with Crippen molar-refractivity contribution < 1.29 is 14.3 Å². The summed E-state index contributed by atoms with van der Waals surface area (Å²) in [6.07, 6.45) is 7.66. The van der Waals surface area contributed by atoms with E-state index in [9.17, 15) is 9.59 Å². The number of benzene rings is 2. The Morgan fingerprint density at radius 3 is 2.36 bits per heavy atom. The Balaban J connectivity index is 1.41. The summed E-state index contributed by atoms with van der Waals surface area (Å²) in [7, 11) is 1.66. The minimum atomic E-state index is -0.454. The topological polar surface area (TPSA) is 61.9 Å². The van der Waals surface area contributed by atoms with Crippen molar-refractivity contribution in [1.82, 2.24) is 15.1 Å². The summed E-state index contributed by atoms with van der Waals surface area (Å²) in [5, 5.41) is 3.29. The molecule has 1 saturated heterocycles. The van der Waals surface area contributed by atoms with Gasteiger partial charge in [-0.05, 0) is 73.4 Å². The van der Waals surface area contributed by atoms with Crippen molar-refractivity contribution in [3.05, 3.63) is 65.2 Å². The Hall–Kier alpha value is -2.86. The summed E-state index contributed by atoms with van der Waals surface area (Å²) in [6, 6.07) is 15.5. The predicted octanol–water partition coefficient (Wildman–Crippen LogP) is 5.79. The maximum Gasteiger partial charge on any atom is 0.254 e. The van der Waals surface area contributed by atoms with Crippen LogP contribution in [0.5, 0.6) is 5.75 Å². The molecule has 6 nitrogen and oxygen atoms in total. The zero-order valence-electron chi connectivity index (χ0n) is 23.9. The van der Waals surface area contributed by atoms with Crippen LogP contribution in [-0.4, -0.2) is 60.9 Å². The molecule has 2 aromatic carbocycles. The smallest absolute Gasteiger partial charge is 0.254 e. The van der Waals surface area contributed by atoms with E-state index in [0.717, 1.165) is 80.5 Å². The van der Waals surface area contributed by atoms with Crippen molar-refractivity contribution in [2.45, 2.75) is 76.8 Å². The van der Waals surface area contributed by atoms with Gasteiger partial charge in [0.1, 0.15) is 5.75 Å². The van der Waals surface area contributed by atoms with Crippen LogP contribution in [0, 0.1) is 11.8 Å². The summed E-state index contributed by atoms with van der Waals surface area (Å²) in [5.74, 6) is 1.84. The number of nitrogens with one attached hydrogen (secondary N) is 1. The molecule has 210 valence electrons. The summed E-state index contributed by atoms with van der Waals surface area (Å²) in [6.45, 7) is 8.61. The van der Waals surface area contributed by atoms with Crippen molar-refractivity contribution in [3.63, 3.8) is 0 Å². The molecule has 1 aliphatic carbocycles. The maximum absolute atomic E-state index is 14.1. The molecular formula is C33H45N3O3. The Morgan fingerprint density at radius 2 is 1.67 bits per heavy atom. The second kappa shape index (κ2) is 12.5. The van der Waals surface area contributed by atoms with E-state index in [1.54, 1.807) is 7.11 Å². The number of fused-ring (bicyclic) bond motifs is 1. The monoisotopic (exact) mass is 531 g/mol. The highest BCUT2D eigenvalue weighted by Crippen LogP contribution is 2.46. The Kier molecular flexibility index (Phi) is 8.91. The van der Waals surface area contributed by atoms with E-state index in [2.05, 4.69) is 29.0 Å². The fraction of sp³-hybridized carbons (Fsp3) is 0.576. The van der Waals surface area contributed by atoms with Crippen molar-refractivity contribution in [3.8, 4) is 5.75 Å². The number of hydrogen-bond donors (Lipinski definition) is 1. The van der Waals surface area contributed by atoms with Gasteiger partial charge in [-0.2, -0.15) is 0 Å². The van der Waals surface area contributed by atoms with Crippen molar-refractivity contribution in [2.24, 2.45) is 11.8 Å². The SMILES string of the molecule is COc1ccc([C@@H]2[C@H](C(=O)NCCCN3C[C@H](C)C[C@H](C)C3)c3ccccc3C(=O)N2C2CCCCC2)cc1. The number of hydrogen-bond acceptors (Lipinski definition) is 4. The van der Waals surface area contributed by atoms with Gasteiger partial charge in [-0.3, -0.25) is 9.59 Å². The van der Waals surface area contributed by atoms with E-state index in [1.165, 1.54) is 12.8 Å². The molecule has 6 heteroatoms. The van der Waals surface area contributed by atoms with E-state index in [-0.39, 0.29) is 23.9 Å². The third kappa shape index (κ3) is 6.16. The van der Waals surface area contributed by atoms with Gasteiger partial charge in [0.15, 0.2) is 0 Å².